The van der Waals surface area contributed by atoms with Crippen molar-refractivity contribution >= 4 is 51.1 Å². The molecule has 0 aliphatic rings. The van der Waals surface area contributed by atoms with Crippen molar-refractivity contribution in [3.63, 3.8) is 0 Å². The maximum Gasteiger partial charge on any atom is 0.340 e. The van der Waals surface area contributed by atoms with Gasteiger partial charge in [0.05, 0.1) is 35.3 Å². The highest BCUT2D eigenvalue weighted by Gasteiger charge is 2.18. The van der Waals surface area contributed by atoms with Gasteiger partial charge >= 0.3 is 5.97 Å². The van der Waals surface area contributed by atoms with Crippen LogP contribution in [0.15, 0.2) is 42.6 Å². The predicted octanol–water partition coefficient (Wildman–Crippen LogP) is 3.85. The second kappa shape index (κ2) is 6.87. The van der Waals surface area contributed by atoms with Gasteiger partial charge in [0.2, 0.25) is 0 Å². The lowest BCUT2D eigenvalue weighted by Gasteiger charge is -2.28. The molecule has 0 bridgehead atoms. The molecule has 0 aliphatic carbocycles. The van der Waals surface area contributed by atoms with E-state index in [1.807, 2.05) is 0 Å². The SMILES string of the molecule is COC(=O)c1c[nH]c2ccc(N(c3cccc(Cl)c3C)S(=O)[O-])cc12. The molecule has 0 fully saturated rings. The Balaban J connectivity index is 2.19. The highest BCUT2D eigenvalue weighted by molar-refractivity contribution is 7.81. The highest BCUT2D eigenvalue weighted by Crippen LogP contribution is 2.35. The Morgan fingerprint density at radius 2 is 2.08 bits per heavy atom. The minimum absolute atomic E-state index is 0.332. The summed E-state index contributed by atoms with van der Waals surface area (Å²) in [5.41, 5.74) is 2.49. The summed E-state index contributed by atoms with van der Waals surface area (Å²) in [5, 5.41) is 1.03. The van der Waals surface area contributed by atoms with Gasteiger partial charge in [0.15, 0.2) is 0 Å². The van der Waals surface area contributed by atoms with E-state index in [2.05, 4.69) is 4.98 Å². The van der Waals surface area contributed by atoms with E-state index in [0.717, 1.165) is 4.31 Å². The summed E-state index contributed by atoms with van der Waals surface area (Å²) in [5.74, 6) is -0.503. The van der Waals surface area contributed by atoms with Gasteiger partial charge in [-0.1, -0.05) is 17.7 Å². The molecule has 8 heteroatoms. The second-order valence-electron chi connectivity index (χ2n) is 5.32. The molecule has 0 amide bonds. The number of hydrogen-bond donors (Lipinski definition) is 1. The minimum atomic E-state index is -2.58. The molecule has 2 aromatic carbocycles. The van der Waals surface area contributed by atoms with E-state index in [1.165, 1.54) is 13.3 Å². The van der Waals surface area contributed by atoms with Crippen molar-refractivity contribution in [1.82, 2.24) is 4.98 Å². The van der Waals surface area contributed by atoms with Crippen LogP contribution in [0.5, 0.6) is 0 Å². The number of H-pyrrole nitrogens is 1. The molecule has 1 aromatic heterocycles. The third kappa shape index (κ3) is 3.13. The Morgan fingerprint density at radius 1 is 1.32 bits per heavy atom. The summed E-state index contributed by atoms with van der Waals surface area (Å²) in [4.78, 5) is 14.8. The topological polar surface area (TPSA) is 85.5 Å². The average molecular weight is 378 g/mol. The first kappa shape index (κ1) is 17.5. The van der Waals surface area contributed by atoms with Crippen LogP contribution >= 0.6 is 11.6 Å². The van der Waals surface area contributed by atoms with Crippen molar-refractivity contribution in [3.8, 4) is 0 Å². The van der Waals surface area contributed by atoms with Gasteiger partial charge in [-0.2, -0.15) is 0 Å². The lowest BCUT2D eigenvalue weighted by Crippen LogP contribution is -2.20. The van der Waals surface area contributed by atoms with E-state index in [0.29, 0.717) is 38.4 Å². The van der Waals surface area contributed by atoms with E-state index < -0.39 is 17.2 Å². The van der Waals surface area contributed by atoms with Crippen LogP contribution in [0.4, 0.5) is 11.4 Å². The maximum atomic E-state index is 11.9. The van der Waals surface area contributed by atoms with E-state index >= 15 is 0 Å². The number of nitrogens with one attached hydrogen (secondary N) is 1. The molecule has 1 unspecified atom stereocenters. The molecule has 0 saturated carbocycles. The van der Waals surface area contributed by atoms with Gasteiger partial charge < -0.3 is 14.3 Å². The van der Waals surface area contributed by atoms with Gasteiger partial charge in [-0.05, 0) is 42.8 Å². The minimum Gasteiger partial charge on any atom is -0.755 e. The number of methoxy groups -OCH3 is 1. The number of ether oxygens (including phenoxy) is 1. The number of carbonyl (C=O) groups excluding carboxylic acids is 1. The van der Waals surface area contributed by atoms with Gasteiger partial charge in [0, 0.05) is 22.1 Å². The number of esters is 1. The van der Waals surface area contributed by atoms with Gasteiger partial charge in [0.25, 0.3) is 0 Å². The lowest BCUT2D eigenvalue weighted by atomic mass is 10.1. The number of benzene rings is 2. The molecule has 6 nitrogen and oxygen atoms in total. The Bertz CT molecular complexity index is 986. The number of carbonyl (C=O) groups is 1. The first-order valence-corrected chi connectivity index (χ1v) is 8.69. The molecule has 1 heterocycles. The molecular formula is C17H14ClN2O4S-. The summed E-state index contributed by atoms with van der Waals surface area (Å²) in [6.45, 7) is 1.74. The fourth-order valence-corrected chi connectivity index (χ4v) is 3.45. The smallest absolute Gasteiger partial charge is 0.340 e. The van der Waals surface area contributed by atoms with Gasteiger partial charge in [-0.3, -0.25) is 8.51 Å². The number of halogens is 1. The largest absolute Gasteiger partial charge is 0.755 e. The van der Waals surface area contributed by atoms with Gasteiger partial charge in [0.1, 0.15) is 0 Å². The summed E-state index contributed by atoms with van der Waals surface area (Å²) >= 11 is 3.54. The number of rotatable bonds is 4. The van der Waals surface area contributed by atoms with Crippen molar-refractivity contribution in [2.75, 3.05) is 11.4 Å². The Kier molecular flexibility index (Phi) is 4.80. The van der Waals surface area contributed by atoms with Crippen LogP contribution in [0, 0.1) is 6.92 Å². The molecule has 1 N–H and O–H groups in total. The molecule has 0 spiro atoms. The zero-order chi connectivity index (χ0) is 18.1. The van der Waals surface area contributed by atoms with Crippen molar-refractivity contribution in [2.24, 2.45) is 0 Å². The van der Waals surface area contributed by atoms with E-state index in [-0.39, 0.29) is 0 Å². The fourth-order valence-electron chi connectivity index (χ4n) is 2.64. The summed E-state index contributed by atoms with van der Waals surface area (Å²) in [6, 6.07) is 10.0. The van der Waals surface area contributed by atoms with E-state index in [4.69, 9.17) is 16.3 Å². The van der Waals surface area contributed by atoms with Gasteiger partial charge in [-0.25, -0.2) is 4.79 Å². The van der Waals surface area contributed by atoms with Crippen molar-refractivity contribution < 1.29 is 18.3 Å². The van der Waals surface area contributed by atoms with Crippen LogP contribution in [0.1, 0.15) is 15.9 Å². The van der Waals surface area contributed by atoms with Crippen molar-refractivity contribution in [3.05, 3.63) is 58.7 Å². The van der Waals surface area contributed by atoms with E-state index in [1.54, 1.807) is 43.3 Å². The number of aromatic nitrogens is 1. The third-order valence-electron chi connectivity index (χ3n) is 3.91. The lowest BCUT2D eigenvalue weighted by molar-refractivity contribution is 0.0603. The quantitative estimate of drug-likeness (QED) is 0.552. The number of fused-ring (bicyclic) bond motifs is 1. The van der Waals surface area contributed by atoms with Crippen LogP contribution in [-0.2, 0) is 16.0 Å². The number of anilines is 2. The summed E-state index contributed by atoms with van der Waals surface area (Å²) < 4.78 is 29.7. The number of hydrogen-bond acceptors (Lipinski definition) is 4. The third-order valence-corrected chi connectivity index (χ3v) is 5.03. The standard InChI is InChI=1S/C17H15ClN2O4S/c1-10-14(18)4-3-5-16(10)20(25(22)23)11-6-7-15-12(8-11)13(9-19-15)17(21)24-2/h3-9,19H,1-2H3,(H,22,23)/p-1. The Hall–Kier alpha value is -2.35. The Morgan fingerprint density at radius 3 is 2.76 bits per heavy atom. The number of aromatic amines is 1. The monoisotopic (exact) mass is 377 g/mol. The highest BCUT2D eigenvalue weighted by atomic mass is 35.5. The molecule has 25 heavy (non-hydrogen) atoms. The summed E-state index contributed by atoms with van der Waals surface area (Å²) in [6.07, 6.45) is 1.53. The molecule has 130 valence electrons. The zero-order valence-electron chi connectivity index (χ0n) is 13.4. The van der Waals surface area contributed by atoms with Crippen LogP contribution in [0.2, 0.25) is 5.02 Å². The second-order valence-corrected chi connectivity index (χ2v) is 6.53. The van der Waals surface area contributed by atoms with Crippen LogP contribution < -0.4 is 4.31 Å². The Labute approximate surface area is 151 Å². The van der Waals surface area contributed by atoms with Crippen LogP contribution in [-0.4, -0.2) is 26.8 Å². The predicted molar refractivity (Wildman–Crippen MR) is 96.9 cm³/mol. The number of nitrogens with zero attached hydrogens (tertiary/aromatic N) is 1. The first-order valence-electron chi connectivity index (χ1n) is 7.28. The summed E-state index contributed by atoms with van der Waals surface area (Å²) in [7, 11) is 1.29. The molecule has 1 atom stereocenters. The molecule has 0 aliphatic heterocycles. The molecule has 0 radical (unpaired) electrons. The van der Waals surface area contributed by atoms with Crippen molar-refractivity contribution in [1.29, 1.82) is 0 Å². The maximum absolute atomic E-state index is 11.9. The molecule has 3 rings (SSSR count). The van der Waals surface area contributed by atoms with Crippen LogP contribution in [0.25, 0.3) is 10.9 Å². The normalized spacial score (nSPS) is 12.2. The molecule has 0 saturated heterocycles. The molecular weight excluding hydrogens is 364 g/mol. The van der Waals surface area contributed by atoms with E-state index in [9.17, 15) is 13.6 Å². The van der Waals surface area contributed by atoms with Gasteiger partial charge in [-0.15, -0.1) is 0 Å². The zero-order valence-corrected chi connectivity index (χ0v) is 15.0. The molecule has 3 aromatic rings. The fraction of sp³-hybridized carbons (Fsp3) is 0.118. The first-order chi connectivity index (χ1) is 11.9. The van der Waals surface area contributed by atoms with Crippen molar-refractivity contribution in [2.45, 2.75) is 6.92 Å². The van der Waals surface area contributed by atoms with Crippen LogP contribution in [0.3, 0.4) is 0 Å². The average Bonchev–Trinajstić information content (AvgIpc) is 3.01.